The Labute approximate surface area is 105 Å². The molecule has 1 rings (SSSR count). The molecule has 0 aromatic carbocycles. The number of halogens is 1. The number of nitrogens with one attached hydrogen (secondary N) is 1. The molecule has 0 unspecified atom stereocenters. The molecule has 5 nitrogen and oxygen atoms in total. The Hall–Kier alpha value is -1.20. The lowest BCUT2D eigenvalue weighted by Crippen LogP contribution is -2.26. The number of carbonyl (C=O) groups is 1. The number of nitrogens with zero attached hydrogens (tertiary/aromatic N) is 2. The highest BCUT2D eigenvalue weighted by molar-refractivity contribution is 6.33. The number of amides is 1. The third-order valence-corrected chi connectivity index (χ3v) is 2.39. The van der Waals surface area contributed by atoms with Crippen LogP contribution < -0.4 is 5.32 Å². The Morgan fingerprint density at radius 1 is 1.59 bits per heavy atom. The maximum absolute atomic E-state index is 11.7. The van der Waals surface area contributed by atoms with Gasteiger partial charge in [0.15, 0.2) is 0 Å². The molecular formula is C11H16ClN3O2. The molecule has 0 aliphatic heterocycles. The lowest BCUT2D eigenvalue weighted by atomic mass is 10.2. The van der Waals surface area contributed by atoms with Gasteiger partial charge >= 0.3 is 0 Å². The van der Waals surface area contributed by atoms with Crippen molar-refractivity contribution in [2.45, 2.75) is 26.2 Å². The highest BCUT2D eigenvalue weighted by Crippen LogP contribution is 2.16. The molecule has 0 bridgehead atoms. The second-order valence-electron chi connectivity index (χ2n) is 3.91. The molecule has 1 aromatic rings. The van der Waals surface area contributed by atoms with Crippen LogP contribution in [0.15, 0.2) is 6.20 Å². The van der Waals surface area contributed by atoms with Gasteiger partial charge in [-0.2, -0.15) is 0 Å². The van der Waals surface area contributed by atoms with Crippen LogP contribution in [0.5, 0.6) is 0 Å². The van der Waals surface area contributed by atoms with E-state index in [1.54, 1.807) is 0 Å². The zero-order valence-electron chi connectivity index (χ0n) is 9.90. The first-order valence-electron chi connectivity index (χ1n) is 5.47. The molecule has 0 aliphatic rings. The molecule has 0 radical (unpaired) electrons. The minimum absolute atomic E-state index is 0.0367. The minimum atomic E-state index is -0.340. The minimum Gasteiger partial charge on any atom is -0.396 e. The summed E-state index contributed by atoms with van der Waals surface area (Å²) in [5.74, 6) is 0.380. The van der Waals surface area contributed by atoms with Gasteiger partial charge in [0.2, 0.25) is 0 Å². The Morgan fingerprint density at radius 3 is 2.88 bits per heavy atom. The SMILES string of the molecule is CC(C)c1ncc(Cl)c(C(=O)NCCCO)n1. The van der Waals surface area contributed by atoms with E-state index in [9.17, 15) is 4.79 Å². The maximum atomic E-state index is 11.7. The molecule has 0 fully saturated rings. The summed E-state index contributed by atoms with van der Waals surface area (Å²) >= 11 is 5.87. The molecule has 0 saturated carbocycles. The van der Waals surface area contributed by atoms with Crippen molar-refractivity contribution in [3.8, 4) is 0 Å². The first kappa shape index (κ1) is 13.9. The summed E-state index contributed by atoms with van der Waals surface area (Å²) in [7, 11) is 0. The van der Waals surface area contributed by atoms with Crippen molar-refractivity contribution in [1.29, 1.82) is 0 Å². The lowest BCUT2D eigenvalue weighted by molar-refractivity contribution is 0.0946. The fourth-order valence-electron chi connectivity index (χ4n) is 1.18. The van der Waals surface area contributed by atoms with E-state index in [1.807, 2.05) is 13.8 Å². The van der Waals surface area contributed by atoms with Gasteiger partial charge in [-0.1, -0.05) is 25.4 Å². The van der Waals surface area contributed by atoms with Gasteiger partial charge in [-0.3, -0.25) is 4.79 Å². The average molecular weight is 258 g/mol. The van der Waals surface area contributed by atoms with Gasteiger partial charge in [0, 0.05) is 19.1 Å². The highest BCUT2D eigenvalue weighted by Gasteiger charge is 2.14. The second kappa shape index (κ2) is 6.51. The van der Waals surface area contributed by atoms with Crippen molar-refractivity contribution >= 4 is 17.5 Å². The fraction of sp³-hybridized carbons (Fsp3) is 0.545. The Balaban J connectivity index is 2.81. The van der Waals surface area contributed by atoms with Crippen molar-refractivity contribution < 1.29 is 9.90 Å². The van der Waals surface area contributed by atoms with Gasteiger partial charge < -0.3 is 10.4 Å². The first-order valence-corrected chi connectivity index (χ1v) is 5.85. The topological polar surface area (TPSA) is 75.1 Å². The van der Waals surface area contributed by atoms with Crippen LogP contribution >= 0.6 is 11.6 Å². The largest absolute Gasteiger partial charge is 0.396 e. The van der Waals surface area contributed by atoms with Crippen LogP contribution in [-0.2, 0) is 0 Å². The van der Waals surface area contributed by atoms with Gasteiger partial charge in [0.05, 0.1) is 11.2 Å². The Morgan fingerprint density at radius 2 is 2.29 bits per heavy atom. The van der Waals surface area contributed by atoms with E-state index >= 15 is 0 Å². The van der Waals surface area contributed by atoms with Crippen LogP contribution in [0.3, 0.4) is 0 Å². The molecule has 0 atom stereocenters. The van der Waals surface area contributed by atoms with Gasteiger partial charge in [-0.15, -0.1) is 0 Å². The van der Waals surface area contributed by atoms with E-state index in [4.69, 9.17) is 16.7 Å². The number of aliphatic hydroxyl groups is 1. The van der Waals surface area contributed by atoms with Crippen LogP contribution in [0.1, 0.15) is 42.5 Å². The van der Waals surface area contributed by atoms with Gasteiger partial charge in [0.25, 0.3) is 5.91 Å². The van der Waals surface area contributed by atoms with Crippen molar-refractivity contribution in [2.24, 2.45) is 0 Å². The van der Waals surface area contributed by atoms with E-state index < -0.39 is 0 Å². The Kier molecular flexibility index (Phi) is 5.31. The van der Waals surface area contributed by atoms with Crippen molar-refractivity contribution in [1.82, 2.24) is 15.3 Å². The molecule has 0 saturated heterocycles. The molecule has 0 aliphatic carbocycles. The normalized spacial score (nSPS) is 10.6. The summed E-state index contributed by atoms with van der Waals surface area (Å²) in [6.07, 6.45) is 1.94. The zero-order chi connectivity index (χ0) is 12.8. The molecule has 17 heavy (non-hydrogen) atoms. The predicted octanol–water partition coefficient (Wildman–Crippen LogP) is 1.37. The lowest BCUT2D eigenvalue weighted by Gasteiger charge is -2.08. The van der Waals surface area contributed by atoms with Gasteiger partial charge in [-0.05, 0) is 6.42 Å². The van der Waals surface area contributed by atoms with E-state index in [-0.39, 0.29) is 29.1 Å². The fourth-order valence-corrected chi connectivity index (χ4v) is 1.36. The number of rotatable bonds is 5. The molecule has 0 spiro atoms. The van der Waals surface area contributed by atoms with Crippen LogP contribution in [0.4, 0.5) is 0 Å². The molecule has 94 valence electrons. The van der Waals surface area contributed by atoms with Crippen LogP contribution in [0.25, 0.3) is 0 Å². The van der Waals surface area contributed by atoms with Crippen molar-refractivity contribution in [2.75, 3.05) is 13.2 Å². The number of carbonyl (C=O) groups excluding carboxylic acids is 1. The second-order valence-corrected chi connectivity index (χ2v) is 4.32. The van der Waals surface area contributed by atoms with Crippen molar-refractivity contribution in [3.05, 3.63) is 22.7 Å². The first-order chi connectivity index (χ1) is 8.06. The number of hydrogen-bond acceptors (Lipinski definition) is 4. The van der Waals surface area contributed by atoms with Crippen molar-refractivity contribution in [3.63, 3.8) is 0 Å². The third kappa shape index (κ3) is 3.94. The smallest absolute Gasteiger partial charge is 0.271 e. The quantitative estimate of drug-likeness (QED) is 0.781. The zero-order valence-corrected chi connectivity index (χ0v) is 10.7. The number of aliphatic hydroxyl groups excluding tert-OH is 1. The summed E-state index contributed by atoms with van der Waals surface area (Å²) in [5.41, 5.74) is 0.184. The van der Waals surface area contributed by atoms with Crippen LogP contribution in [0, 0.1) is 0 Å². The van der Waals surface area contributed by atoms with Crippen LogP contribution in [0.2, 0.25) is 5.02 Å². The average Bonchev–Trinajstić information content (AvgIpc) is 2.29. The predicted molar refractivity (Wildman–Crippen MR) is 65.2 cm³/mol. The molecule has 6 heteroatoms. The summed E-state index contributed by atoms with van der Waals surface area (Å²) in [5, 5.41) is 11.5. The highest BCUT2D eigenvalue weighted by atomic mass is 35.5. The molecule has 1 aromatic heterocycles. The van der Waals surface area contributed by atoms with Crippen LogP contribution in [-0.4, -0.2) is 34.1 Å². The summed E-state index contributed by atoms with van der Waals surface area (Å²) in [4.78, 5) is 19.9. The monoisotopic (exact) mass is 257 g/mol. The summed E-state index contributed by atoms with van der Waals surface area (Å²) < 4.78 is 0. The molecular weight excluding hydrogens is 242 g/mol. The summed E-state index contributed by atoms with van der Waals surface area (Å²) in [6, 6.07) is 0. The van der Waals surface area contributed by atoms with E-state index in [0.717, 1.165) is 0 Å². The van der Waals surface area contributed by atoms with E-state index in [1.165, 1.54) is 6.20 Å². The Bertz CT molecular complexity index is 396. The molecule has 1 amide bonds. The molecule has 1 heterocycles. The standard InChI is InChI=1S/C11H16ClN3O2/c1-7(2)10-14-6-8(12)9(15-10)11(17)13-4-3-5-16/h6-7,16H,3-5H2,1-2H3,(H,13,17). The maximum Gasteiger partial charge on any atom is 0.271 e. The van der Waals surface area contributed by atoms with Gasteiger partial charge in [-0.25, -0.2) is 9.97 Å². The van der Waals surface area contributed by atoms with Gasteiger partial charge in [0.1, 0.15) is 11.5 Å². The third-order valence-electron chi connectivity index (χ3n) is 2.11. The number of hydrogen-bond donors (Lipinski definition) is 2. The molecule has 2 N–H and O–H groups in total. The van der Waals surface area contributed by atoms with E-state index in [2.05, 4.69) is 15.3 Å². The number of aromatic nitrogens is 2. The van der Waals surface area contributed by atoms with E-state index in [0.29, 0.717) is 18.8 Å². The summed E-state index contributed by atoms with van der Waals surface area (Å²) in [6.45, 7) is 4.31.